The van der Waals surface area contributed by atoms with Crippen LogP contribution < -0.4 is 15.5 Å². The van der Waals surface area contributed by atoms with Crippen LogP contribution in [0, 0.1) is 17.0 Å². The summed E-state index contributed by atoms with van der Waals surface area (Å²) < 4.78 is 28.6. The van der Waals surface area contributed by atoms with Crippen molar-refractivity contribution in [3.63, 3.8) is 0 Å². The molecule has 2 N–H and O–H groups in total. The van der Waals surface area contributed by atoms with Gasteiger partial charge in [-0.25, -0.2) is 8.78 Å². The van der Waals surface area contributed by atoms with E-state index in [0.29, 0.717) is 24.1 Å². The van der Waals surface area contributed by atoms with Crippen molar-refractivity contribution in [2.45, 2.75) is 39.5 Å². The van der Waals surface area contributed by atoms with Crippen molar-refractivity contribution in [3.8, 4) is 0 Å². The van der Waals surface area contributed by atoms with Crippen molar-refractivity contribution in [1.29, 1.82) is 0 Å². The molecule has 0 radical (unpaired) electrons. The molecule has 1 amide bonds. The quantitative estimate of drug-likeness (QED) is 0.646. The Bertz CT molecular complexity index is 1210. The van der Waals surface area contributed by atoms with Gasteiger partial charge in [0.15, 0.2) is 5.78 Å². The molecule has 1 aliphatic heterocycles. The molecule has 4 rings (SSSR count). The first-order valence-electron chi connectivity index (χ1n) is 11.2. The van der Waals surface area contributed by atoms with E-state index in [0.717, 1.165) is 29.1 Å². The molecule has 0 saturated carbocycles. The zero-order valence-corrected chi connectivity index (χ0v) is 20.1. The van der Waals surface area contributed by atoms with Gasteiger partial charge in [-0.1, -0.05) is 32.0 Å². The molecule has 2 aromatic rings. The molecule has 0 aromatic heterocycles. The Morgan fingerprint density at radius 2 is 1.68 bits per heavy atom. The Kier molecular flexibility index (Phi) is 6.06. The molecule has 0 unspecified atom stereocenters. The number of nitrogens with one attached hydrogen (secondary N) is 2. The van der Waals surface area contributed by atoms with Crippen LogP contribution in [-0.2, 0) is 9.59 Å². The van der Waals surface area contributed by atoms with Gasteiger partial charge in [0.1, 0.15) is 17.3 Å². The predicted octanol–water partition coefficient (Wildman–Crippen LogP) is 5.27. The fourth-order valence-corrected chi connectivity index (χ4v) is 4.83. The first-order valence-corrected chi connectivity index (χ1v) is 11.2. The summed E-state index contributed by atoms with van der Waals surface area (Å²) in [7, 11) is 3.86. The zero-order valence-electron chi connectivity index (χ0n) is 20.1. The van der Waals surface area contributed by atoms with Gasteiger partial charge in [0.25, 0.3) is 5.91 Å². The highest BCUT2D eigenvalue weighted by Gasteiger charge is 2.42. The van der Waals surface area contributed by atoms with Crippen molar-refractivity contribution in [3.05, 3.63) is 82.2 Å². The molecule has 0 fully saturated rings. The van der Waals surface area contributed by atoms with Crippen LogP contribution in [0.15, 0.2) is 65.0 Å². The minimum absolute atomic E-state index is 0.0321. The number of anilines is 2. The minimum Gasteiger partial charge on any atom is -0.378 e. The average Bonchev–Trinajstić information content (AvgIpc) is 2.74. The molecule has 34 heavy (non-hydrogen) atoms. The van der Waals surface area contributed by atoms with Crippen molar-refractivity contribution in [2.24, 2.45) is 5.41 Å². The van der Waals surface area contributed by atoms with E-state index >= 15 is 0 Å². The van der Waals surface area contributed by atoms with Gasteiger partial charge in [-0.15, -0.1) is 0 Å². The number of carbonyl (C=O) groups excluding carboxylic acids is 2. The molecule has 178 valence electrons. The predicted molar refractivity (Wildman–Crippen MR) is 129 cm³/mol. The monoisotopic (exact) mass is 465 g/mol. The van der Waals surface area contributed by atoms with E-state index in [-0.39, 0.29) is 16.8 Å². The molecule has 1 aliphatic carbocycles. The second-order valence-electron chi connectivity index (χ2n) is 9.97. The second kappa shape index (κ2) is 8.70. The third-order valence-electron chi connectivity index (χ3n) is 6.43. The van der Waals surface area contributed by atoms with Crippen molar-refractivity contribution in [2.75, 3.05) is 24.3 Å². The summed E-state index contributed by atoms with van der Waals surface area (Å²) in [5.41, 5.74) is 3.20. The number of Topliss-reactive ketones (excluding diaryl/α,β-unsaturated/α-hetero) is 1. The maximum absolute atomic E-state index is 14.3. The average molecular weight is 466 g/mol. The molecule has 2 aliphatic rings. The summed E-state index contributed by atoms with van der Waals surface area (Å²) in [5, 5.41) is 5.67. The Hall–Kier alpha value is -3.48. The van der Waals surface area contributed by atoms with Crippen LogP contribution in [0.4, 0.5) is 20.2 Å². The molecule has 1 heterocycles. The third kappa shape index (κ3) is 4.34. The minimum atomic E-state index is -0.863. The smallest absolute Gasteiger partial charge is 0.254 e. The summed E-state index contributed by atoms with van der Waals surface area (Å²) in [6, 6.07) is 11.1. The van der Waals surface area contributed by atoms with E-state index in [4.69, 9.17) is 0 Å². The third-order valence-corrected chi connectivity index (χ3v) is 6.43. The lowest BCUT2D eigenvalue weighted by Crippen LogP contribution is -2.39. The molecule has 0 bridgehead atoms. The lowest BCUT2D eigenvalue weighted by Gasteiger charge is -2.39. The Labute approximate surface area is 198 Å². The largest absolute Gasteiger partial charge is 0.378 e. The second-order valence-corrected chi connectivity index (χ2v) is 9.97. The van der Waals surface area contributed by atoms with E-state index in [2.05, 4.69) is 10.6 Å². The molecule has 7 heteroatoms. The van der Waals surface area contributed by atoms with Crippen LogP contribution in [0.5, 0.6) is 0 Å². The number of hydrogen-bond acceptors (Lipinski definition) is 4. The Balaban J connectivity index is 1.82. The number of hydrogen-bond donors (Lipinski definition) is 2. The summed E-state index contributed by atoms with van der Waals surface area (Å²) in [4.78, 5) is 28.8. The zero-order chi connectivity index (χ0) is 24.8. The molecule has 0 spiro atoms. The van der Waals surface area contributed by atoms with Crippen LogP contribution in [0.2, 0.25) is 0 Å². The highest BCUT2D eigenvalue weighted by Crippen LogP contribution is 2.47. The van der Waals surface area contributed by atoms with Crippen LogP contribution in [-0.4, -0.2) is 25.8 Å². The summed E-state index contributed by atoms with van der Waals surface area (Å²) in [6.45, 7) is 5.84. The van der Waals surface area contributed by atoms with Crippen LogP contribution in [0.3, 0.4) is 0 Å². The van der Waals surface area contributed by atoms with Gasteiger partial charge in [-0.3, -0.25) is 9.59 Å². The molecular weight excluding hydrogens is 436 g/mol. The number of carbonyl (C=O) groups is 2. The Morgan fingerprint density at radius 1 is 1.06 bits per heavy atom. The summed E-state index contributed by atoms with van der Waals surface area (Å²) in [5.74, 6) is -3.06. The van der Waals surface area contributed by atoms with Crippen molar-refractivity contribution >= 4 is 23.1 Å². The molecule has 1 atom stereocenters. The fourth-order valence-electron chi connectivity index (χ4n) is 4.83. The normalized spacial score (nSPS) is 19.5. The van der Waals surface area contributed by atoms with Crippen molar-refractivity contribution in [1.82, 2.24) is 5.32 Å². The SMILES string of the molecule is CC1=C(C(=O)Nc2c(F)cccc2F)[C@@H](c2ccc(N(C)C)cc2)C2=C(CC(C)(C)CC2=O)N1. The summed E-state index contributed by atoms with van der Waals surface area (Å²) >= 11 is 0. The number of amides is 1. The molecular formula is C27H29F2N3O2. The molecule has 0 saturated heterocycles. The number of halogens is 2. The number of benzene rings is 2. The first-order chi connectivity index (χ1) is 16.0. The van der Waals surface area contributed by atoms with E-state index in [1.165, 1.54) is 6.07 Å². The lowest BCUT2D eigenvalue weighted by molar-refractivity contribution is -0.118. The highest BCUT2D eigenvalue weighted by molar-refractivity contribution is 6.10. The standard InChI is InChI=1S/C27H29F2N3O2/c1-15-22(26(34)31-25-18(28)7-6-8-19(25)29)23(16-9-11-17(12-10-16)32(4)5)24-20(30-15)13-27(2,3)14-21(24)33/h6-12,23,30H,13-14H2,1-5H3,(H,31,34)/t23-/m1/s1. The van der Waals surface area contributed by atoms with Crippen LogP contribution in [0.25, 0.3) is 0 Å². The van der Waals surface area contributed by atoms with E-state index < -0.39 is 29.1 Å². The number of dihydropyridines is 1. The lowest BCUT2D eigenvalue weighted by atomic mass is 9.68. The van der Waals surface area contributed by atoms with Gasteiger partial charge in [0.2, 0.25) is 0 Å². The maximum Gasteiger partial charge on any atom is 0.254 e. The Morgan fingerprint density at radius 3 is 2.26 bits per heavy atom. The van der Waals surface area contributed by atoms with Gasteiger partial charge < -0.3 is 15.5 Å². The van der Waals surface area contributed by atoms with Gasteiger partial charge in [-0.2, -0.15) is 0 Å². The van der Waals surface area contributed by atoms with Gasteiger partial charge in [0.05, 0.1) is 0 Å². The number of para-hydroxylation sites is 1. The van der Waals surface area contributed by atoms with E-state index in [9.17, 15) is 18.4 Å². The number of rotatable bonds is 4. The van der Waals surface area contributed by atoms with Crippen molar-refractivity contribution < 1.29 is 18.4 Å². The topological polar surface area (TPSA) is 61.4 Å². The van der Waals surface area contributed by atoms with Gasteiger partial charge in [-0.05, 0) is 48.6 Å². The fraction of sp³-hybridized carbons (Fsp3) is 0.333. The van der Waals surface area contributed by atoms with Crippen LogP contribution >= 0.6 is 0 Å². The number of nitrogens with zero attached hydrogens (tertiary/aromatic N) is 1. The van der Waals surface area contributed by atoms with E-state index in [1.807, 2.05) is 57.1 Å². The molecule has 2 aromatic carbocycles. The summed E-state index contributed by atoms with van der Waals surface area (Å²) in [6.07, 6.45) is 1.02. The molecule has 5 nitrogen and oxygen atoms in total. The first kappa shape index (κ1) is 23.7. The van der Waals surface area contributed by atoms with E-state index in [1.54, 1.807) is 6.92 Å². The highest BCUT2D eigenvalue weighted by atomic mass is 19.1. The van der Waals surface area contributed by atoms with Gasteiger partial charge >= 0.3 is 0 Å². The van der Waals surface area contributed by atoms with Crippen LogP contribution in [0.1, 0.15) is 45.1 Å². The number of ketones is 1. The van der Waals surface area contributed by atoms with Gasteiger partial charge in [0, 0.05) is 54.7 Å². The maximum atomic E-state index is 14.3. The number of allylic oxidation sites excluding steroid dienone is 3.